The zero-order valence-corrected chi connectivity index (χ0v) is 11.7. The number of rotatable bonds is 2. The third-order valence-corrected chi connectivity index (χ3v) is 4.10. The van der Waals surface area contributed by atoms with Gasteiger partial charge in [-0.2, -0.15) is 0 Å². The molecule has 0 aliphatic carbocycles. The summed E-state index contributed by atoms with van der Waals surface area (Å²) in [5, 5.41) is 9.66. The predicted octanol–water partition coefficient (Wildman–Crippen LogP) is 0.279. The van der Waals surface area contributed by atoms with Gasteiger partial charge in [-0.1, -0.05) is 13.8 Å². The average Bonchev–Trinajstić information content (AvgIpc) is 3.05. The third kappa shape index (κ3) is 2.07. The number of carbonyl (C=O) groups excluding carboxylic acids is 2. The maximum Gasteiger partial charge on any atom is 0.293 e. The quantitative estimate of drug-likeness (QED) is 0.812. The summed E-state index contributed by atoms with van der Waals surface area (Å²) in [6.07, 6.45) is 1.70. The highest BCUT2D eigenvalue weighted by Crippen LogP contribution is 2.28. The lowest BCUT2D eigenvalue weighted by atomic mass is 9.91. The summed E-state index contributed by atoms with van der Waals surface area (Å²) >= 11 is 0. The summed E-state index contributed by atoms with van der Waals surface area (Å²) in [6, 6.07) is -0.0512. The molecule has 2 N–H and O–H groups in total. The van der Waals surface area contributed by atoms with Crippen LogP contribution in [-0.2, 0) is 4.79 Å². The fourth-order valence-corrected chi connectivity index (χ4v) is 2.96. The van der Waals surface area contributed by atoms with E-state index in [0.717, 1.165) is 12.8 Å². The number of fused-ring (bicyclic) bond motifs is 1. The topological polar surface area (TPSA) is 91.0 Å². The third-order valence-electron chi connectivity index (χ3n) is 4.10. The van der Waals surface area contributed by atoms with Crippen molar-refractivity contribution in [2.75, 3.05) is 13.1 Å². The van der Waals surface area contributed by atoms with E-state index in [1.807, 2.05) is 13.8 Å². The molecule has 7 nitrogen and oxygen atoms in total. The van der Waals surface area contributed by atoms with E-state index in [9.17, 15) is 9.59 Å². The summed E-state index contributed by atoms with van der Waals surface area (Å²) < 4.78 is 0. The van der Waals surface area contributed by atoms with Crippen LogP contribution in [0.2, 0.25) is 0 Å². The number of nitrogens with one attached hydrogen (secondary N) is 2. The van der Waals surface area contributed by atoms with Crippen LogP contribution in [0.3, 0.4) is 0 Å². The highest BCUT2D eigenvalue weighted by Gasteiger charge is 2.43. The fraction of sp³-hybridized carbons (Fsp3) is 0.692. The zero-order valence-electron chi connectivity index (χ0n) is 11.7. The molecular formula is C13H19N5O2. The van der Waals surface area contributed by atoms with Gasteiger partial charge in [0.25, 0.3) is 5.91 Å². The number of hydrogen-bond acceptors (Lipinski definition) is 4. The van der Waals surface area contributed by atoms with Gasteiger partial charge in [-0.25, -0.2) is 4.98 Å². The lowest BCUT2D eigenvalue weighted by Crippen LogP contribution is -2.49. The number of hydrogen-bond donors (Lipinski definition) is 2. The van der Waals surface area contributed by atoms with E-state index in [1.165, 1.54) is 0 Å². The minimum absolute atomic E-state index is 0.0512. The Kier molecular flexibility index (Phi) is 3.19. The lowest BCUT2D eigenvalue weighted by molar-refractivity contribution is -0.123. The molecule has 0 bridgehead atoms. The van der Waals surface area contributed by atoms with E-state index in [1.54, 1.807) is 4.90 Å². The first kappa shape index (κ1) is 13.1. The van der Waals surface area contributed by atoms with Gasteiger partial charge < -0.3 is 10.2 Å². The summed E-state index contributed by atoms with van der Waals surface area (Å²) in [4.78, 5) is 30.3. The second-order valence-corrected chi connectivity index (χ2v) is 5.76. The van der Waals surface area contributed by atoms with Crippen molar-refractivity contribution in [3.63, 3.8) is 0 Å². The minimum Gasteiger partial charge on any atom is -0.354 e. The smallest absolute Gasteiger partial charge is 0.293 e. The van der Waals surface area contributed by atoms with E-state index in [2.05, 4.69) is 20.5 Å². The molecule has 0 spiro atoms. The van der Waals surface area contributed by atoms with Crippen LogP contribution in [0.4, 0.5) is 0 Å². The Morgan fingerprint density at radius 3 is 2.95 bits per heavy atom. The molecule has 1 aromatic rings. The van der Waals surface area contributed by atoms with Gasteiger partial charge in [0.1, 0.15) is 5.82 Å². The molecule has 2 saturated heterocycles. The number of aromatic amines is 1. The van der Waals surface area contributed by atoms with Gasteiger partial charge in [-0.05, 0) is 12.8 Å². The van der Waals surface area contributed by atoms with Crippen LogP contribution < -0.4 is 5.32 Å². The van der Waals surface area contributed by atoms with E-state index < -0.39 is 0 Å². The molecule has 1 aromatic heterocycles. The molecule has 2 fully saturated rings. The number of carbonyl (C=O) groups is 2. The summed E-state index contributed by atoms with van der Waals surface area (Å²) in [5.74, 6) is 0.921. The van der Waals surface area contributed by atoms with Crippen LogP contribution in [0, 0.1) is 5.92 Å². The van der Waals surface area contributed by atoms with Gasteiger partial charge >= 0.3 is 0 Å². The number of likely N-dealkylation sites (tertiary alicyclic amines) is 1. The van der Waals surface area contributed by atoms with Crippen molar-refractivity contribution in [3.8, 4) is 0 Å². The highest BCUT2D eigenvalue weighted by molar-refractivity contribution is 5.92. The molecule has 0 radical (unpaired) electrons. The molecule has 3 rings (SSSR count). The maximum absolute atomic E-state index is 12.5. The Bertz CT molecular complexity index is 539. The predicted molar refractivity (Wildman–Crippen MR) is 71.0 cm³/mol. The van der Waals surface area contributed by atoms with Gasteiger partial charge in [0.2, 0.25) is 11.7 Å². The van der Waals surface area contributed by atoms with Crippen molar-refractivity contribution >= 4 is 11.8 Å². The fourth-order valence-electron chi connectivity index (χ4n) is 2.96. The summed E-state index contributed by atoms with van der Waals surface area (Å²) in [5.41, 5.74) is 0. The Labute approximate surface area is 117 Å². The van der Waals surface area contributed by atoms with Crippen molar-refractivity contribution < 1.29 is 9.59 Å². The minimum atomic E-state index is -0.181. The molecule has 0 aromatic carbocycles. The molecule has 2 amide bonds. The van der Waals surface area contributed by atoms with Gasteiger partial charge in [-0.3, -0.25) is 14.7 Å². The summed E-state index contributed by atoms with van der Waals surface area (Å²) in [7, 11) is 0. The van der Waals surface area contributed by atoms with E-state index in [-0.39, 0.29) is 35.5 Å². The Morgan fingerprint density at radius 1 is 1.45 bits per heavy atom. The standard InChI is InChI=1S/C13H19N5O2/c1-7(2)10-15-11(17-16-10)13(20)18-5-3-4-8-9(18)6-14-12(8)19/h7-9H,3-6H2,1-2H3,(H,14,19)(H,15,16,17). The molecule has 2 aliphatic rings. The molecule has 108 valence electrons. The number of H-pyrrole nitrogens is 1. The highest BCUT2D eigenvalue weighted by atomic mass is 16.2. The normalized spacial score (nSPS) is 25.8. The van der Waals surface area contributed by atoms with E-state index in [0.29, 0.717) is 18.9 Å². The Balaban J connectivity index is 1.80. The van der Waals surface area contributed by atoms with Crippen molar-refractivity contribution in [2.45, 2.75) is 38.6 Å². The number of aromatic nitrogens is 3. The molecule has 20 heavy (non-hydrogen) atoms. The molecule has 2 aliphatic heterocycles. The van der Waals surface area contributed by atoms with Crippen molar-refractivity contribution in [2.24, 2.45) is 5.92 Å². The maximum atomic E-state index is 12.5. The van der Waals surface area contributed by atoms with E-state index >= 15 is 0 Å². The van der Waals surface area contributed by atoms with Crippen LogP contribution in [0.5, 0.6) is 0 Å². The molecule has 7 heteroatoms. The second-order valence-electron chi connectivity index (χ2n) is 5.76. The molecule has 0 saturated carbocycles. The van der Waals surface area contributed by atoms with Gasteiger partial charge in [0, 0.05) is 19.0 Å². The lowest BCUT2D eigenvalue weighted by Gasteiger charge is -2.35. The van der Waals surface area contributed by atoms with E-state index in [4.69, 9.17) is 0 Å². The first-order valence-corrected chi connectivity index (χ1v) is 7.09. The first-order valence-electron chi connectivity index (χ1n) is 7.09. The SMILES string of the molecule is CC(C)c1nc(C(=O)N2CCCC3C(=O)NCC32)n[nH]1. The number of amides is 2. The zero-order chi connectivity index (χ0) is 14.3. The monoisotopic (exact) mass is 277 g/mol. The van der Waals surface area contributed by atoms with Gasteiger partial charge in [-0.15, -0.1) is 5.10 Å². The van der Waals surface area contributed by atoms with Crippen LogP contribution in [0.25, 0.3) is 0 Å². The molecule has 3 heterocycles. The Morgan fingerprint density at radius 2 is 2.25 bits per heavy atom. The number of nitrogens with zero attached hydrogens (tertiary/aromatic N) is 3. The molecule has 2 unspecified atom stereocenters. The van der Waals surface area contributed by atoms with Crippen LogP contribution in [0.15, 0.2) is 0 Å². The van der Waals surface area contributed by atoms with Crippen LogP contribution in [0.1, 0.15) is 49.1 Å². The first-order chi connectivity index (χ1) is 9.58. The van der Waals surface area contributed by atoms with Crippen molar-refractivity contribution in [1.29, 1.82) is 0 Å². The van der Waals surface area contributed by atoms with Crippen molar-refractivity contribution in [3.05, 3.63) is 11.6 Å². The Hall–Kier alpha value is -1.92. The average molecular weight is 277 g/mol. The van der Waals surface area contributed by atoms with Gasteiger partial charge in [0.05, 0.1) is 12.0 Å². The largest absolute Gasteiger partial charge is 0.354 e. The number of piperidine rings is 1. The van der Waals surface area contributed by atoms with Gasteiger partial charge in [0.15, 0.2) is 0 Å². The molecule has 2 atom stereocenters. The summed E-state index contributed by atoms with van der Waals surface area (Å²) in [6.45, 7) is 5.19. The van der Waals surface area contributed by atoms with Crippen LogP contribution in [-0.4, -0.2) is 51.0 Å². The molecular weight excluding hydrogens is 258 g/mol. The van der Waals surface area contributed by atoms with Crippen LogP contribution >= 0.6 is 0 Å². The second kappa shape index (κ2) is 4.88. The van der Waals surface area contributed by atoms with Crippen molar-refractivity contribution in [1.82, 2.24) is 25.4 Å².